The summed E-state index contributed by atoms with van der Waals surface area (Å²) in [5.74, 6) is -0.00680. The van der Waals surface area contributed by atoms with Crippen molar-refractivity contribution in [3.8, 4) is 0 Å². The molecule has 1 amide bonds. The fraction of sp³-hybridized carbons (Fsp3) is 0.412. The molecule has 0 saturated heterocycles. The molecule has 1 aliphatic carbocycles. The summed E-state index contributed by atoms with van der Waals surface area (Å²) in [6, 6.07) is 9.79. The fourth-order valence-electron chi connectivity index (χ4n) is 3.00. The molecule has 3 nitrogen and oxygen atoms in total. The van der Waals surface area contributed by atoms with Gasteiger partial charge in [0, 0.05) is 17.1 Å². The Morgan fingerprint density at radius 1 is 1.20 bits per heavy atom. The number of benzene rings is 1. The number of amides is 1. The zero-order chi connectivity index (χ0) is 14.0. The molecule has 1 fully saturated rings. The maximum Gasteiger partial charge on any atom is 0.253 e. The minimum atomic E-state index is -0.0546. The van der Waals surface area contributed by atoms with Gasteiger partial charge in [-0.3, -0.25) is 9.78 Å². The van der Waals surface area contributed by atoms with E-state index in [0.717, 1.165) is 23.7 Å². The quantitative estimate of drug-likeness (QED) is 0.902. The molecule has 0 aliphatic heterocycles. The summed E-state index contributed by atoms with van der Waals surface area (Å²) in [5.41, 5.74) is 1.52. The Bertz CT molecular complexity index is 630. The number of aromatic nitrogens is 1. The van der Waals surface area contributed by atoms with Crippen molar-refractivity contribution < 1.29 is 4.79 Å². The van der Waals surface area contributed by atoms with Gasteiger partial charge in [0.2, 0.25) is 0 Å². The van der Waals surface area contributed by atoms with Gasteiger partial charge in [-0.15, -0.1) is 0 Å². The lowest BCUT2D eigenvalue weighted by Crippen LogP contribution is -2.47. The van der Waals surface area contributed by atoms with Crippen molar-refractivity contribution in [1.82, 2.24) is 10.3 Å². The summed E-state index contributed by atoms with van der Waals surface area (Å²) < 4.78 is 0. The van der Waals surface area contributed by atoms with E-state index in [2.05, 4.69) is 17.2 Å². The summed E-state index contributed by atoms with van der Waals surface area (Å²) in [6.07, 6.45) is 7.49. The Hall–Kier alpha value is -1.90. The molecule has 0 bridgehead atoms. The Labute approximate surface area is 119 Å². The molecule has 0 radical (unpaired) electrons. The van der Waals surface area contributed by atoms with Gasteiger partial charge in [-0.05, 0) is 31.9 Å². The van der Waals surface area contributed by atoms with Gasteiger partial charge in [-0.1, -0.05) is 37.5 Å². The summed E-state index contributed by atoms with van der Waals surface area (Å²) >= 11 is 0. The van der Waals surface area contributed by atoms with E-state index in [1.165, 1.54) is 19.3 Å². The molecule has 1 aromatic heterocycles. The number of carbonyl (C=O) groups is 1. The first kappa shape index (κ1) is 13.1. The smallest absolute Gasteiger partial charge is 0.253 e. The van der Waals surface area contributed by atoms with E-state index in [-0.39, 0.29) is 11.4 Å². The number of carbonyl (C=O) groups excluding carboxylic acids is 1. The highest BCUT2D eigenvalue weighted by atomic mass is 16.1. The predicted octanol–water partition coefficient (Wildman–Crippen LogP) is 3.69. The molecule has 0 spiro atoms. The van der Waals surface area contributed by atoms with Crippen LogP contribution in [0.5, 0.6) is 0 Å². The van der Waals surface area contributed by atoms with Crippen molar-refractivity contribution in [2.45, 2.75) is 44.6 Å². The average Bonchev–Trinajstić information content (AvgIpc) is 2.47. The average molecular weight is 268 g/mol. The maximum absolute atomic E-state index is 12.4. The molecule has 3 heteroatoms. The number of rotatable bonds is 2. The number of nitrogens with one attached hydrogen (secondary N) is 1. The first-order chi connectivity index (χ1) is 9.66. The zero-order valence-corrected chi connectivity index (χ0v) is 11.9. The molecule has 1 saturated carbocycles. The molecule has 0 atom stereocenters. The van der Waals surface area contributed by atoms with Gasteiger partial charge < -0.3 is 5.32 Å². The lowest BCUT2D eigenvalue weighted by molar-refractivity contribution is 0.0882. The highest BCUT2D eigenvalue weighted by molar-refractivity contribution is 5.97. The molecule has 3 rings (SSSR count). The lowest BCUT2D eigenvalue weighted by Gasteiger charge is -2.34. The van der Waals surface area contributed by atoms with E-state index >= 15 is 0 Å². The fourth-order valence-corrected chi connectivity index (χ4v) is 3.00. The van der Waals surface area contributed by atoms with Crippen molar-refractivity contribution in [2.75, 3.05) is 0 Å². The second kappa shape index (κ2) is 5.23. The van der Waals surface area contributed by atoms with Gasteiger partial charge in [0.25, 0.3) is 5.91 Å². The van der Waals surface area contributed by atoms with Crippen LogP contribution in [-0.4, -0.2) is 16.4 Å². The molecule has 1 heterocycles. The number of nitrogens with zero attached hydrogens (tertiary/aromatic N) is 1. The summed E-state index contributed by atoms with van der Waals surface area (Å²) in [7, 11) is 0. The Morgan fingerprint density at radius 2 is 1.95 bits per heavy atom. The van der Waals surface area contributed by atoms with Crippen molar-refractivity contribution in [2.24, 2.45) is 0 Å². The molecular weight excluding hydrogens is 248 g/mol. The maximum atomic E-state index is 12.4. The first-order valence-corrected chi connectivity index (χ1v) is 7.34. The monoisotopic (exact) mass is 268 g/mol. The van der Waals surface area contributed by atoms with Crippen molar-refractivity contribution in [3.63, 3.8) is 0 Å². The van der Waals surface area contributed by atoms with Crippen LogP contribution in [0.1, 0.15) is 49.4 Å². The van der Waals surface area contributed by atoms with Crippen LogP contribution in [0, 0.1) is 0 Å². The topological polar surface area (TPSA) is 42.0 Å². The largest absolute Gasteiger partial charge is 0.347 e. The molecule has 1 N–H and O–H groups in total. The van der Waals surface area contributed by atoms with Crippen molar-refractivity contribution in [1.29, 1.82) is 0 Å². The molecule has 20 heavy (non-hydrogen) atoms. The van der Waals surface area contributed by atoms with Crippen LogP contribution < -0.4 is 5.32 Å². The van der Waals surface area contributed by atoms with Gasteiger partial charge in [-0.2, -0.15) is 0 Å². The number of pyridine rings is 1. The lowest BCUT2D eigenvalue weighted by atomic mass is 9.83. The first-order valence-electron chi connectivity index (χ1n) is 7.34. The molecule has 1 aliphatic rings. The van der Waals surface area contributed by atoms with Crippen LogP contribution in [-0.2, 0) is 0 Å². The standard InChI is InChI=1S/C17H20N2O/c1-17(9-5-2-6-10-17)19-16(20)14-11-13-7-3-4-8-15(13)18-12-14/h3-4,7-8,11-12H,2,5-6,9-10H2,1H3,(H,19,20). The van der Waals surface area contributed by atoms with E-state index < -0.39 is 0 Å². The van der Waals surface area contributed by atoms with E-state index in [4.69, 9.17) is 0 Å². The summed E-state index contributed by atoms with van der Waals surface area (Å²) in [5, 5.41) is 4.21. The molecule has 104 valence electrons. The van der Waals surface area contributed by atoms with Crippen LogP contribution in [0.25, 0.3) is 10.9 Å². The third kappa shape index (κ3) is 2.67. The molecular formula is C17H20N2O. The minimum Gasteiger partial charge on any atom is -0.347 e. The van der Waals surface area contributed by atoms with Crippen molar-refractivity contribution >= 4 is 16.8 Å². The normalized spacial score (nSPS) is 17.9. The van der Waals surface area contributed by atoms with E-state index in [1.807, 2.05) is 30.3 Å². The summed E-state index contributed by atoms with van der Waals surface area (Å²) in [4.78, 5) is 16.8. The molecule has 0 unspecified atom stereocenters. The van der Waals surface area contributed by atoms with Gasteiger partial charge in [0.15, 0.2) is 0 Å². The van der Waals surface area contributed by atoms with E-state index in [1.54, 1.807) is 6.20 Å². The zero-order valence-electron chi connectivity index (χ0n) is 11.9. The van der Waals surface area contributed by atoms with Crippen molar-refractivity contribution in [3.05, 3.63) is 42.1 Å². The molecule has 2 aromatic rings. The van der Waals surface area contributed by atoms with Crippen LogP contribution in [0.2, 0.25) is 0 Å². The van der Waals surface area contributed by atoms with Crippen LogP contribution in [0.4, 0.5) is 0 Å². The Morgan fingerprint density at radius 3 is 2.75 bits per heavy atom. The highest BCUT2D eigenvalue weighted by Gasteiger charge is 2.28. The Balaban J connectivity index is 1.81. The SMILES string of the molecule is CC1(NC(=O)c2cnc3ccccc3c2)CCCCC1. The van der Waals surface area contributed by atoms with E-state index in [9.17, 15) is 4.79 Å². The van der Waals surface area contributed by atoms with Gasteiger partial charge in [0.1, 0.15) is 0 Å². The highest BCUT2D eigenvalue weighted by Crippen LogP contribution is 2.28. The number of fused-ring (bicyclic) bond motifs is 1. The predicted molar refractivity (Wildman–Crippen MR) is 80.7 cm³/mol. The van der Waals surface area contributed by atoms with Gasteiger partial charge in [0.05, 0.1) is 11.1 Å². The number of para-hydroxylation sites is 1. The van der Waals surface area contributed by atoms with Gasteiger partial charge in [-0.25, -0.2) is 0 Å². The van der Waals surface area contributed by atoms with Crippen LogP contribution >= 0.6 is 0 Å². The Kier molecular flexibility index (Phi) is 3.43. The number of hydrogen-bond acceptors (Lipinski definition) is 2. The summed E-state index contributed by atoms with van der Waals surface area (Å²) in [6.45, 7) is 2.15. The third-order valence-corrected chi connectivity index (χ3v) is 4.23. The van der Waals surface area contributed by atoms with Crippen LogP contribution in [0.3, 0.4) is 0 Å². The number of hydrogen-bond donors (Lipinski definition) is 1. The van der Waals surface area contributed by atoms with E-state index in [0.29, 0.717) is 5.56 Å². The molecule has 1 aromatic carbocycles. The third-order valence-electron chi connectivity index (χ3n) is 4.23. The van der Waals surface area contributed by atoms with Gasteiger partial charge >= 0.3 is 0 Å². The van der Waals surface area contributed by atoms with Crippen LogP contribution in [0.15, 0.2) is 36.5 Å². The second-order valence-corrected chi connectivity index (χ2v) is 5.99. The minimum absolute atomic E-state index is 0.00680. The second-order valence-electron chi connectivity index (χ2n) is 5.99.